The van der Waals surface area contributed by atoms with Gasteiger partial charge in [-0.05, 0) is 23.9 Å². The Labute approximate surface area is 122 Å². The zero-order chi connectivity index (χ0) is 13.4. The number of thiazole rings is 1. The molecule has 0 aliphatic carbocycles. The number of thiophene rings is 1. The van der Waals surface area contributed by atoms with Gasteiger partial charge < -0.3 is 5.11 Å². The van der Waals surface area contributed by atoms with Gasteiger partial charge in [0.2, 0.25) is 0 Å². The lowest BCUT2D eigenvalue weighted by Crippen LogP contribution is -2.33. The number of aliphatic carboxylic acids is 1. The van der Waals surface area contributed by atoms with E-state index in [1.807, 2.05) is 6.20 Å². The summed E-state index contributed by atoms with van der Waals surface area (Å²) in [5.74, 6) is -0.201. The zero-order valence-corrected chi connectivity index (χ0v) is 12.6. The number of rotatable bonds is 3. The maximum atomic E-state index is 10.9. The SMILES string of the molecule is Cc1ccsc1-c1cnc(C2NC(C(=O)O)CS2)s1. The molecular weight excluding hydrogens is 300 g/mol. The molecule has 7 heteroatoms. The fourth-order valence-electron chi connectivity index (χ4n) is 1.90. The molecule has 0 aromatic carbocycles. The van der Waals surface area contributed by atoms with Crippen LogP contribution in [0.2, 0.25) is 0 Å². The maximum Gasteiger partial charge on any atom is 0.321 e. The third-order valence-corrected chi connectivity index (χ3v) is 6.54. The van der Waals surface area contributed by atoms with E-state index in [1.165, 1.54) is 10.4 Å². The number of aromatic nitrogens is 1. The van der Waals surface area contributed by atoms with E-state index in [-0.39, 0.29) is 5.37 Å². The van der Waals surface area contributed by atoms with Crippen LogP contribution >= 0.6 is 34.4 Å². The fourth-order valence-corrected chi connectivity index (χ4v) is 5.30. The fraction of sp³-hybridized carbons (Fsp3) is 0.333. The van der Waals surface area contributed by atoms with Crippen LogP contribution in [0.4, 0.5) is 0 Å². The highest BCUT2D eigenvalue weighted by molar-refractivity contribution is 7.99. The van der Waals surface area contributed by atoms with Crippen molar-refractivity contribution in [2.24, 2.45) is 0 Å². The lowest BCUT2D eigenvalue weighted by molar-refractivity contribution is -0.138. The topological polar surface area (TPSA) is 62.2 Å². The molecule has 2 aromatic rings. The summed E-state index contributed by atoms with van der Waals surface area (Å²) in [5.41, 5.74) is 1.26. The molecule has 1 saturated heterocycles. The largest absolute Gasteiger partial charge is 0.480 e. The number of nitrogens with one attached hydrogen (secondary N) is 1. The van der Waals surface area contributed by atoms with Gasteiger partial charge in [0.15, 0.2) is 0 Å². The van der Waals surface area contributed by atoms with Gasteiger partial charge in [0, 0.05) is 16.8 Å². The minimum absolute atomic E-state index is 0.000110. The Morgan fingerprint density at radius 2 is 2.42 bits per heavy atom. The van der Waals surface area contributed by atoms with Crippen molar-refractivity contribution in [3.05, 3.63) is 28.2 Å². The Hall–Kier alpha value is -0.890. The van der Waals surface area contributed by atoms with Gasteiger partial charge in [0.1, 0.15) is 16.4 Å². The van der Waals surface area contributed by atoms with E-state index >= 15 is 0 Å². The highest BCUT2D eigenvalue weighted by Gasteiger charge is 2.32. The molecule has 1 fully saturated rings. The van der Waals surface area contributed by atoms with Crippen LogP contribution in [0.15, 0.2) is 17.6 Å². The van der Waals surface area contributed by atoms with Crippen LogP contribution in [0.1, 0.15) is 15.9 Å². The molecule has 2 N–H and O–H groups in total. The van der Waals surface area contributed by atoms with Gasteiger partial charge in [-0.2, -0.15) is 0 Å². The highest BCUT2D eigenvalue weighted by atomic mass is 32.2. The van der Waals surface area contributed by atoms with Crippen LogP contribution in [-0.4, -0.2) is 27.9 Å². The molecule has 1 aliphatic rings. The lowest BCUT2D eigenvalue weighted by Gasteiger charge is -2.06. The Morgan fingerprint density at radius 1 is 1.58 bits per heavy atom. The molecule has 2 aromatic heterocycles. The number of carbonyl (C=O) groups is 1. The molecule has 3 rings (SSSR count). The van der Waals surface area contributed by atoms with Gasteiger partial charge in [-0.3, -0.25) is 10.1 Å². The first-order chi connectivity index (χ1) is 9.15. The predicted molar refractivity (Wildman–Crippen MR) is 79.9 cm³/mol. The number of nitrogens with zero attached hydrogens (tertiary/aromatic N) is 1. The molecule has 0 radical (unpaired) electrons. The summed E-state index contributed by atoms with van der Waals surface area (Å²) in [6.07, 6.45) is 1.88. The quantitative estimate of drug-likeness (QED) is 0.912. The molecule has 2 atom stereocenters. The van der Waals surface area contributed by atoms with Crippen molar-refractivity contribution in [2.75, 3.05) is 5.75 Å². The molecule has 2 unspecified atom stereocenters. The van der Waals surface area contributed by atoms with E-state index in [4.69, 9.17) is 5.11 Å². The molecule has 19 heavy (non-hydrogen) atoms. The third kappa shape index (κ3) is 2.55. The van der Waals surface area contributed by atoms with Gasteiger partial charge in [-0.15, -0.1) is 34.4 Å². The van der Waals surface area contributed by atoms with Crippen molar-refractivity contribution in [1.82, 2.24) is 10.3 Å². The molecule has 1 aliphatic heterocycles. The van der Waals surface area contributed by atoms with Crippen LogP contribution in [0.5, 0.6) is 0 Å². The van der Waals surface area contributed by atoms with Crippen LogP contribution < -0.4 is 5.32 Å². The standard InChI is InChI=1S/C12H12N2O2S3/c1-6-2-3-17-9(6)8-4-13-10(19-8)11-14-7(5-18-11)12(15)16/h2-4,7,11,14H,5H2,1H3,(H,15,16). The summed E-state index contributed by atoms with van der Waals surface area (Å²) in [4.78, 5) is 17.8. The molecule has 0 saturated carbocycles. The van der Waals surface area contributed by atoms with Gasteiger partial charge >= 0.3 is 5.97 Å². The number of hydrogen-bond acceptors (Lipinski definition) is 6. The molecule has 0 spiro atoms. The van der Waals surface area contributed by atoms with E-state index in [0.717, 1.165) is 9.88 Å². The molecule has 3 heterocycles. The van der Waals surface area contributed by atoms with E-state index in [9.17, 15) is 4.79 Å². The second-order valence-electron chi connectivity index (χ2n) is 4.27. The smallest absolute Gasteiger partial charge is 0.321 e. The van der Waals surface area contributed by atoms with Crippen molar-refractivity contribution in [1.29, 1.82) is 0 Å². The number of carboxylic acid groups (broad SMARTS) is 1. The third-order valence-electron chi connectivity index (χ3n) is 2.91. The minimum atomic E-state index is -0.791. The van der Waals surface area contributed by atoms with Gasteiger partial charge in [-0.25, -0.2) is 4.98 Å². The van der Waals surface area contributed by atoms with E-state index in [0.29, 0.717) is 5.75 Å². The van der Waals surface area contributed by atoms with Gasteiger partial charge in [0.25, 0.3) is 0 Å². The summed E-state index contributed by atoms with van der Waals surface area (Å²) >= 11 is 4.96. The first-order valence-electron chi connectivity index (χ1n) is 5.76. The normalized spacial score (nSPS) is 22.8. The molecule has 0 amide bonds. The Morgan fingerprint density at radius 3 is 3.05 bits per heavy atom. The maximum absolute atomic E-state index is 10.9. The van der Waals surface area contributed by atoms with Crippen molar-refractivity contribution < 1.29 is 9.90 Å². The number of carboxylic acids is 1. The van der Waals surface area contributed by atoms with Crippen LogP contribution in [0.3, 0.4) is 0 Å². The minimum Gasteiger partial charge on any atom is -0.480 e. The second kappa shape index (κ2) is 5.24. The summed E-state index contributed by atoms with van der Waals surface area (Å²) in [6, 6.07) is 1.63. The Kier molecular flexibility index (Phi) is 3.62. The summed E-state index contributed by atoms with van der Waals surface area (Å²) in [5, 5.41) is 15.1. The lowest BCUT2D eigenvalue weighted by atomic mass is 10.3. The van der Waals surface area contributed by atoms with Crippen molar-refractivity contribution >= 4 is 40.4 Å². The summed E-state index contributed by atoms with van der Waals surface area (Å²) < 4.78 is 0. The summed E-state index contributed by atoms with van der Waals surface area (Å²) in [6.45, 7) is 2.09. The van der Waals surface area contributed by atoms with Gasteiger partial charge in [0.05, 0.1) is 4.88 Å². The van der Waals surface area contributed by atoms with Crippen LogP contribution in [0.25, 0.3) is 9.75 Å². The van der Waals surface area contributed by atoms with Crippen LogP contribution in [0, 0.1) is 6.92 Å². The first kappa shape index (κ1) is 13.1. The van der Waals surface area contributed by atoms with Crippen LogP contribution in [-0.2, 0) is 4.79 Å². The Bertz CT molecular complexity index is 608. The average molecular weight is 312 g/mol. The monoisotopic (exact) mass is 312 g/mol. The first-order valence-corrected chi connectivity index (χ1v) is 8.50. The van der Waals surface area contributed by atoms with E-state index in [1.54, 1.807) is 34.4 Å². The molecule has 100 valence electrons. The molecular formula is C12H12N2O2S3. The van der Waals surface area contributed by atoms with Gasteiger partial charge in [-0.1, -0.05) is 0 Å². The summed E-state index contributed by atoms with van der Waals surface area (Å²) in [7, 11) is 0. The average Bonchev–Trinajstić information content (AvgIpc) is 3.07. The number of hydrogen-bond donors (Lipinski definition) is 2. The predicted octanol–water partition coefficient (Wildman–Crippen LogP) is 2.97. The van der Waals surface area contributed by atoms with Crippen molar-refractivity contribution in [3.63, 3.8) is 0 Å². The van der Waals surface area contributed by atoms with Crippen molar-refractivity contribution in [2.45, 2.75) is 18.3 Å². The second-order valence-corrected chi connectivity index (χ2v) is 7.38. The van der Waals surface area contributed by atoms with Crippen molar-refractivity contribution in [3.8, 4) is 9.75 Å². The van der Waals surface area contributed by atoms with E-state index in [2.05, 4.69) is 28.7 Å². The highest BCUT2D eigenvalue weighted by Crippen LogP contribution is 2.39. The Balaban J connectivity index is 1.79. The molecule has 0 bridgehead atoms. The zero-order valence-electron chi connectivity index (χ0n) is 10.1. The number of thioether (sulfide) groups is 1. The number of aryl methyl sites for hydroxylation is 1. The van der Waals surface area contributed by atoms with E-state index < -0.39 is 12.0 Å². The molecule has 4 nitrogen and oxygen atoms in total.